The number of nitrogens with two attached hydrogens (primary N) is 1. The van der Waals surface area contributed by atoms with E-state index in [2.05, 4.69) is 6.92 Å². The summed E-state index contributed by atoms with van der Waals surface area (Å²) in [5, 5.41) is 0. The molecule has 5 heteroatoms. The SMILES string of the molecule is CC1CCCN(S(=O)(=O)c2ccc(CCCN)cc2)C1C. The van der Waals surface area contributed by atoms with Gasteiger partial charge in [-0.15, -0.1) is 0 Å². The van der Waals surface area contributed by atoms with Crippen molar-refractivity contribution in [1.82, 2.24) is 4.31 Å². The van der Waals surface area contributed by atoms with Crippen LogP contribution >= 0.6 is 0 Å². The molecule has 21 heavy (non-hydrogen) atoms. The summed E-state index contributed by atoms with van der Waals surface area (Å²) >= 11 is 0. The van der Waals surface area contributed by atoms with Gasteiger partial charge in [-0.3, -0.25) is 0 Å². The maximum atomic E-state index is 12.8. The monoisotopic (exact) mass is 310 g/mol. The number of piperidine rings is 1. The third-order valence-corrected chi connectivity index (χ3v) is 6.52. The number of aryl methyl sites for hydroxylation is 1. The fourth-order valence-electron chi connectivity index (χ4n) is 2.91. The van der Waals surface area contributed by atoms with E-state index < -0.39 is 10.0 Å². The van der Waals surface area contributed by atoms with Crippen molar-refractivity contribution in [3.8, 4) is 0 Å². The maximum absolute atomic E-state index is 12.8. The fourth-order valence-corrected chi connectivity index (χ4v) is 4.67. The van der Waals surface area contributed by atoms with Crippen LogP contribution in [0.4, 0.5) is 0 Å². The van der Waals surface area contributed by atoms with Crippen molar-refractivity contribution in [1.29, 1.82) is 0 Å². The van der Waals surface area contributed by atoms with E-state index in [-0.39, 0.29) is 6.04 Å². The molecule has 0 radical (unpaired) electrons. The Labute approximate surface area is 128 Å². The number of benzene rings is 1. The minimum absolute atomic E-state index is 0.0701. The molecule has 1 aromatic rings. The number of hydrogen-bond acceptors (Lipinski definition) is 3. The molecular formula is C16H26N2O2S. The first-order chi connectivity index (χ1) is 9.96. The first kappa shape index (κ1) is 16.5. The van der Waals surface area contributed by atoms with E-state index in [0.29, 0.717) is 23.9 Å². The molecule has 2 N–H and O–H groups in total. The van der Waals surface area contributed by atoms with Crippen molar-refractivity contribution in [3.05, 3.63) is 29.8 Å². The molecule has 1 heterocycles. The molecule has 4 nitrogen and oxygen atoms in total. The van der Waals surface area contributed by atoms with Gasteiger partial charge in [-0.05, 0) is 62.8 Å². The summed E-state index contributed by atoms with van der Waals surface area (Å²) in [5.74, 6) is 0.414. The molecule has 1 aromatic carbocycles. The largest absolute Gasteiger partial charge is 0.330 e. The lowest BCUT2D eigenvalue weighted by Crippen LogP contribution is -2.45. The van der Waals surface area contributed by atoms with Crippen LogP contribution in [0.2, 0.25) is 0 Å². The highest BCUT2D eigenvalue weighted by Gasteiger charge is 2.34. The molecule has 0 aliphatic carbocycles. The van der Waals surface area contributed by atoms with Crippen LogP contribution in [0.3, 0.4) is 0 Å². The van der Waals surface area contributed by atoms with E-state index in [1.807, 2.05) is 19.1 Å². The van der Waals surface area contributed by atoms with E-state index >= 15 is 0 Å². The quantitative estimate of drug-likeness (QED) is 0.908. The average Bonchev–Trinajstić information content (AvgIpc) is 2.48. The minimum Gasteiger partial charge on any atom is -0.330 e. The first-order valence-corrected chi connectivity index (χ1v) is 9.21. The van der Waals surface area contributed by atoms with Crippen molar-refractivity contribution in [2.24, 2.45) is 11.7 Å². The second kappa shape index (κ2) is 6.90. The molecule has 1 fully saturated rings. The van der Waals surface area contributed by atoms with Crippen molar-refractivity contribution < 1.29 is 8.42 Å². The van der Waals surface area contributed by atoms with E-state index in [9.17, 15) is 8.42 Å². The summed E-state index contributed by atoms with van der Waals surface area (Å²) in [6.45, 7) is 5.42. The van der Waals surface area contributed by atoms with Gasteiger partial charge in [0.05, 0.1) is 4.90 Å². The Morgan fingerprint density at radius 3 is 2.52 bits per heavy atom. The molecule has 0 spiro atoms. The normalized spacial score (nSPS) is 24.1. The van der Waals surface area contributed by atoms with Gasteiger partial charge in [-0.2, -0.15) is 4.31 Å². The van der Waals surface area contributed by atoms with Gasteiger partial charge in [0.25, 0.3) is 0 Å². The van der Waals surface area contributed by atoms with Crippen molar-refractivity contribution in [2.45, 2.75) is 50.5 Å². The molecule has 2 atom stereocenters. The molecule has 1 saturated heterocycles. The van der Waals surface area contributed by atoms with Gasteiger partial charge in [-0.25, -0.2) is 8.42 Å². The second-order valence-corrected chi connectivity index (χ2v) is 7.90. The minimum atomic E-state index is -3.37. The van der Waals surface area contributed by atoms with Gasteiger partial charge < -0.3 is 5.73 Å². The van der Waals surface area contributed by atoms with E-state index in [1.165, 1.54) is 0 Å². The molecule has 2 rings (SSSR count). The highest BCUT2D eigenvalue weighted by Crippen LogP contribution is 2.28. The summed E-state index contributed by atoms with van der Waals surface area (Å²) in [5.41, 5.74) is 6.64. The van der Waals surface area contributed by atoms with Gasteiger partial charge in [0.1, 0.15) is 0 Å². The van der Waals surface area contributed by atoms with Crippen LogP contribution in [0.15, 0.2) is 29.2 Å². The molecule has 0 saturated carbocycles. The van der Waals surface area contributed by atoms with Crippen LogP contribution in [0.1, 0.15) is 38.7 Å². The van der Waals surface area contributed by atoms with Crippen LogP contribution in [-0.2, 0) is 16.4 Å². The topological polar surface area (TPSA) is 63.4 Å². The van der Waals surface area contributed by atoms with Crippen molar-refractivity contribution in [3.63, 3.8) is 0 Å². The van der Waals surface area contributed by atoms with Crippen LogP contribution in [0, 0.1) is 5.92 Å². The second-order valence-electron chi connectivity index (χ2n) is 6.01. The summed E-state index contributed by atoms with van der Waals surface area (Å²) < 4.78 is 27.2. The highest BCUT2D eigenvalue weighted by atomic mass is 32.2. The molecule has 0 aromatic heterocycles. The fraction of sp³-hybridized carbons (Fsp3) is 0.625. The summed E-state index contributed by atoms with van der Waals surface area (Å²) in [4.78, 5) is 0.403. The van der Waals surface area contributed by atoms with E-state index in [1.54, 1.807) is 16.4 Å². The van der Waals surface area contributed by atoms with Crippen molar-refractivity contribution in [2.75, 3.05) is 13.1 Å². The van der Waals surface area contributed by atoms with Gasteiger partial charge in [-0.1, -0.05) is 19.1 Å². The molecular weight excluding hydrogens is 284 g/mol. The first-order valence-electron chi connectivity index (χ1n) is 7.77. The van der Waals surface area contributed by atoms with Gasteiger partial charge in [0, 0.05) is 12.6 Å². The van der Waals surface area contributed by atoms with Crippen LogP contribution in [0.5, 0.6) is 0 Å². The Bertz CT molecular complexity index is 554. The van der Waals surface area contributed by atoms with Gasteiger partial charge >= 0.3 is 0 Å². The third kappa shape index (κ3) is 3.65. The molecule has 0 amide bonds. The zero-order chi connectivity index (χ0) is 15.5. The average molecular weight is 310 g/mol. The molecule has 1 aliphatic heterocycles. The zero-order valence-corrected chi connectivity index (χ0v) is 13.8. The Morgan fingerprint density at radius 2 is 1.90 bits per heavy atom. The summed E-state index contributed by atoms with van der Waals surface area (Å²) in [6.07, 6.45) is 3.87. The molecule has 0 bridgehead atoms. The van der Waals surface area contributed by atoms with E-state index in [0.717, 1.165) is 31.2 Å². The predicted molar refractivity (Wildman–Crippen MR) is 85.6 cm³/mol. The summed E-state index contributed by atoms with van der Waals surface area (Å²) in [6, 6.07) is 7.34. The smallest absolute Gasteiger partial charge is 0.243 e. The lowest BCUT2D eigenvalue weighted by atomic mass is 9.94. The Morgan fingerprint density at radius 1 is 1.24 bits per heavy atom. The van der Waals surface area contributed by atoms with Crippen LogP contribution in [0.25, 0.3) is 0 Å². The van der Waals surface area contributed by atoms with Crippen LogP contribution < -0.4 is 5.73 Å². The molecule has 2 unspecified atom stereocenters. The predicted octanol–water partition coefficient (Wildman–Crippen LogP) is 2.39. The summed E-state index contributed by atoms with van der Waals surface area (Å²) in [7, 11) is -3.37. The lowest BCUT2D eigenvalue weighted by molar-refractivity contribution is 0.202. The highest BCUT2D eigenvalue weighted by molar-refractivity contribution is 7.89. The third-order valence-electron chi connectivity index (χ3n) is 4.52. The molecule has 1 aliphatic rings. The van der Waals surface area contributed by atoms with Gasteiger partial charge in [0.15, 0.2) is 0 Å². The van der Waals surface area contributed by atoms with Crippen molar-refractivity contribution >= 4 is 10.0 Å². The lowest BCUT2D eigenvalue weighted by Gasteiger charge is -2.36. The Hall–Kier alpha value is -0.910. The van der Waals surface area contributed by atoms with Gasteiger partial charge in [0.2, 0.25) is 10.0 Å². The number of sulfonamides is 1. The standard InChI is InChI=1S/C16H26N2O2S/c1-13-5-4-12-18(14(13)2)21(19,20)16-9-7-15(8-10-16)6-3-11-17/h7-10,13-14H,3-6,11-12,17H2,1-2H3. The number of rotatable bonds is 5. The molecule has 118 valence electrons. The van der Waals surface area contributed by atoms with Crippen LogP contribution in [-0.4, -0.2) is 31.9 Å². The zero-order valence-electron chi connectivity index (χ0n) is 13.0. The number of hydrogen-bond donors (Lipinski definition) is 1. The Kier molecular flexibility index (Phi) is 5.41. The maximum Gasteiger partial charge on any atom is 0.243 e. The van der Waals surface area contributed by atoms with E-state index in [4.69, 9.17) is 5.73 Å². The Balaban J connectivity index is 2.19. The number of nitrogens with zero attached hydrogens (tertiary/aromatic N) is 1.